The summed E-state index contributed by atoms with van der Waals surface area (Å²) in [5.74, 6) is 5.66. The third-order valence-corrected chi connectivity index (χ3v) is 10.8. The normalized spacial score (nSPS) is 57.4. The van der Waals surface area contributed by atoms with Gasteiger partial charge in [-0.05, 0) is 105 Å². The van der Waals surface area contributed by atoms with Gasteiger partial charge in [-0.1, -0.05) is 20.8 Å². The van der Waals surface area contributed by atoms with Crippen molar-refractivity contribution in [1.82, 2.24) is 0 Å². The predicted octanol–water partition coefficient (Wildman–Crippen LogP) is 5.99. The van der Waals surface area contributed by atoms with E-state index in [-0.39, 0.29) is 17.0 Å². The largest absolute Gasteiger partial charge is 0.459 e. The molecule has 5 rings (SSSR count). The van der Waals surface area contributed by atoms with Gasteiger partial charge in [0, 0.05) is 12.3 Å². The SMILES string of the molecule is CC[C@@]1(OC(C)=O)CC[C@H]2[C@@H]3CCC4CC[C@H]5CC5[C@@]4(C)[C@@H]3CC[C@@]21C. The molecule has 0 aromatic rings. The molecule has 2 unspecified atom stereocenters. The molecular weight excluding hydrogens is 320 g/mol. The van der Waals surface area contributed by atoms with Gasteiger partial charge in [0.25, 0.3) is 0 Å². The molecule has 0 aromatic heterocycles. The van der Waals surface area contributed by atoms with Crippen LogP contribution in [-0.2, 0) is 9.53 Å². The Morgan fingerprint density at radius 2 is 1.69 bits per heavy atom. The van der Waals surface area contributed by atoms with Crippen LogP contribution < -0.4 is 0 Å². The second-order valence-electron chi connectivity index (χ2n) is 11.1. The maximum Gasteiger partial charge on any atom is 0.303 e. The van der Waals surface area contributed by atoms with Crippen LogP contribution in [0, 0.1) is 46.3 Å². The molecule has 0 heterocycles. The quantitative estimate of drug-likeness (QED) is 0.567. The van der Waals surface area contributed by atoms with E-state index in [1.54, 1.807) is 6.92 Å². The van der Waals surface area contributed by atoms with Crippen LogP contribution in [0.2, 0.25) is 0 Å². The van der Waals surface area contributed by atoms with Gasteiger partial charge in [-0.15, -0.1) is 0 Å². The van der Waals surface area contributed by atoms with Crippen molar-refractivity contribution >= 4 is 5.97 Å². The summed E-state index contributed by atoms with van der Waals surface area (Å²) < 4.78 is 6.12. The van der Waals surface area contributed by atoms with Crippen LogP contribution in [0.3, 0.4) is 0 Å². The molecule has 0 bridgehead atoms. The Morgan fingerprint density at radius 1 is 0.962 bits per heavy atom. The number of esters is 1. The predicted molar refractivity (Wildman–Crippen MR) is 103 cm³/mol. The summed E-state index contributed by atoms with van der Waals surface area (Å²) in [5, 5.41) is 0. The van der Waals surface area contributed by atoms with Crippen molar-refractivity contribution in [2.75, 3.05) is 0 Å². The molecule has 0 N–H and O–H groups in total. The molecule has 2 heteroatoms. The summed E-state index contributed by atoms with van der Waals surface area (Å²) in [6, 6.07) is 0. The van der Waals surface area contributed by atoms with E-state index in [2.05, 4.69) is 20.8 Å². The fraction of sp³-hybridized carbons (Fsp3) is 0.958. The van der Waals surface area contributed by atoms with E-state index in [4.69, 9.17) is 4.74 Å². The Hall–Kier alpha value is -0.530. The zero-order chi connectivity index (χ0) is 18.3. The standard InChI is InChI=1S/C24H38O2/c1-5-24(26-15(2)25)13-11-19-18-9-8-17-7-6-16-14-21(16)23(17,4)20(18)10-12-22(19,24)3/h16-21H,5-14H2,1-4H3/t16-,17?,18-,19-,20+,21?,22-,23+,24+/m0/s1. The van der Waals surface area contributed by atoms with Gasteiger partial charge in [-0.3, -0.25) is 4.79 Å². The van der Waals surface area contributed by atoms with Gasteiger partial charge >= 0.3 is 5.97 Å². The van der Waals surface area contributed by atoms with Crippen molar-refractivity contribution in [2.45, 2.75) is 97.5 Å². The van der Waals surface area contributed by atoms with Crippen LogP contribution in [0.4, 0.5) is 0 Å². The minimum atomic E-state index is -0.194. The van der Waals surface area contributed by atoms with Crippen LogP contribution in [0.15, 0.2) is 0 Å². The Bertz CT molecular complexity index is 613. The van der Waals surface area contributed by atoms with Crippen molar-refractivity contribution in [3.8, 4) is 0 Å². The van der Waals surface area contributed by atoms with Crippen molar-refractivity contribution in [1.29, 1.82) is 0 Å². The molecule has 0 radical (unpaired) electrons. The third-order valence-electron chi connectivity index (χ3n) is 10.8. The van der Waals surface area contributed by atoms with Crippen LogP contribution in [0.5, 0.6) is 0 Å². The number of ether oxygens (including phenoxy) is 1. The Morgan fingerprint density at radius 3 is 2.42 bits per heavy atom. The molecule has 9 atom stereocenters. The zero-order valence-electron chi connectivity index (χ0n) is 17.4. The molecule has 0 saturated heterocycles. The number of rotatable bonds is 2. The second kappa shape index (κ2) is 5.51. The molecule has 0 amide bonds. The summed E-state index contributed by atoms with van der Waals surface area (Å²) in [6.07, 6.45) is 13.5. The highest BCUT2D eigenvalue weighted by molar-refractivity contribution is 5.66. The van der Waals surface area contributed by atoms with Crippen LogP contribution >= 0.6 is 0 Å². The molecule has 146 valence electrons. The van der Waals surface area contributed by atoms with Gasteiger partial charge in [-0.25, -0.2) is 0 Å². The first-order chi connectivity index (χ1) is 12.4. The van der Waals surface area contributed by atoms with Crippen LogP contribution in [-0.4, -0.2) is 11.6 Å². The summed E-state index contributed by atoms with van der Waals surface area (Å²) >= 11 is 0. The number of hydrogen-bond donors (Lipinski definition) is 0. The van der Waals surface area contributed by atoms with E-state index in [0.717, 1.165) is 48.3 Å². The first-order valence-corrected chi connectivity index (χ1v) is 11.6. The average molecular weight is 359 g/mol. The lowest BCUT2D eigenvalue weighted by Gasteiger charge is -2.61. The van der Waals surface area contributed by atoms with Gasteiger partial charge in [0.15, 0.2) is 0 Å². The molecule has 26 heavy (non-hydrogen) atoms. The molecule has 2 nitrogen and oxygen atoms in total. The van der Waals surface area contributed by atoms with Crippen molar-refractivity contribution in [2.24, 2.45) is 46.3 Å². The third kappa shape index (κ3) is 2.03. The van der Waals surface area contributed by atoms with Crippen molar-refractivity contribution in [3.63, 3.8) is 0 Å². The van der Waals surface area contributed by atoms with E-state index >= 15 is 0 Å². The Balaban J connectivity index is 1.47. The van der Waals surface area contributed by atoms with Crippen LogP contribution in [0.1, 0.15) is 91.9 Å². The molecule has 0 aromatic carbocycles. The molecular formula is C24H38O2. The molecule has 5 aliphatic carbocycles. The molecule has 5 saturated carbocycles. The van der Waals surface area contributed by atoms with E-state index in [1.165, 1.54) is 51.4 Å². The molecule has 0 aliphatic heterocycles. The number of hydrogen-bond acceptors (Lipinski definition) is 2. The minimum absolute atomic E-state index is 0.0698. The van der Waals surface area contributed by atoms with E-state index in [0.29, 0.717) is 5.41 Å². The fourth-order valence-corrected chi connectivity index (χ4v) is 9.43. The highest BCUT2D eigenvalue weighted by Crippen LogP contribution is 2.74. The summed E-state index contributed by atoms with van der Waals surface area (Å²) in [6.45, 7) is 9.05. The molecule has 5 aliphatic rings. The van der Waals surface area contributed by atoms with Gasteiger partial charge in [0.05, 0.1) is 0 Å². The van der Waals surface area contributed by atoms with E-state index in [9.17, 15) is 4.79 Å². The van der Waals surface area contributed by atoms with E-state index < -0.39 is 0 Å². The Labute approximate surface area is 159 Å². The van der Waals surface area contributed by atoms with Gasteiger partial charge in [0.1, 0.15) is 5.60 Å². The summed E-state index contributed by atoms with van der Waals surface area (Å²) in [5.41, 5.74) is 0.641. The first kappa shape index (κ1) is 17.6. The van der Waals surface area contributed by atoms with Gasteiger partial charge in [0.2, 0.25) is 0 Å². The summed E-state index contributed by atoms with van der Waals surface area (Å²) in [4.78, 5) is 11.9. The number of carbonyl (C=O) groups excluding carboxylic acids is 1. The highest BCUT2D eigenvalue weighted by atomic mass is 16.6. The fourth-order valence-electron chi connectivity index (χ4n) is 9.43. The van der Waals surface area contributed by atoms with Gasteiger partial charge in [-0.2, -0.15) is 0 Å². The van der Waals surface area contributed by atoms with Gasteiger partial charge < -0.3 is 4.74 Å². The molecule has 5 fully saturated rings. The topological polar surface area (TPSA) is 26.3 Å². The summed E-state index contributed by atoms with van der Waals surface area (Å²) in [7, 11) is 0. The maximum absolute atomic E-state index is 11.9. The zero-order valence-corrected chi connectivity index (χ0v) is 17.4. The van der Waals surface area contributed by atoms with Crippen LogP contribution in [0.25, 0.3) is 0 Å². The average Bonchev–Trinajstić information content (AvgIpc) is 3.34. The minimum Gasteiger partial charge on any atom is -0.459 e. The lowest BCUT2D eigenvalue weighted by molar-refractivity contribution is -0.189. The first-order valence-electron chi connectivity index (χ1n) is 11.6. The highest BCUT2D eigenvalue weighted by Gasteiger charge is 2.68. The number of fused-ring (bicyclic) bond motifs is 7. The number of carbonyl (C=O) groups is 1. The monoisotopic (exact) mass is 358 g/mol. The van der Waals surface area contributed by atoms with Crippen molar-refractivity contribution in [3.05, 3.63) is 0 Å². The maximum atomic E-state index is 11.9. The Kier molecular flexibility index (Phi) is 3.72. The van der Waals surface area contributed by atoms with E-state index in [1.807, 2.05) is 0 Å². The lowest BCUT2D eigenvalue weighted by atomic mass is 9.44. The second-order valence-corrected chi connectivity index (χ2v) is 11.1. The molecule has 0 spiro atoms. The smallest absolute Gasteiger partial charge is 0.303 e. The van der Waals surface area contributed by atoms with Crippen molar-refractivity contribution < 1.29 is 9.53 Å². The lowest BCUT2D eigenvalue weighted by Crippen LogP contribution is -2.57.